The van der Waals surface area contributed by atoms with E-state index in [4.69, 9.17) is 9.47 Å². The lowest BCUT2D eigenvalue weighted by molar-refractivity contribution is -0.143. The molecule has 8 nitrogen and oxygen atoms in total. The van der Waals surface area contributed by atoms with Crippen LogP contribution in [0.25, 0.3) is 11.1 Å². The van der Waals surface area contributed by atoms with Crippen LogP contribution in [0, 0.1) is 19.8 Å². The molecule has 1 fully saturated rings. The van der Waals surface area contributed by atoms with Crippen molar-refractivity contribution in [2.45, 2.75) is 77.9 Å². The maximum absolute atomic E-state index is 13.3. The summed E-state index contributed by atoms with van der Waals surface area (Å²) in [7, 11) is 0. The Morgan fingerprint density at radius 3 is 2.61 bits per heavy atom. The number of benzene rings is 3. The molecule has 3 aromatic rings. The van der Waals surface area contributed by atoms with Crippen molar-refractivity contribution in [1.29, 1.82) is 0 Å². The van der Waals surface area contributed by atoms with Crippen molar-refractivity contribution in [3.63, 3.8) is 0 Å². The van der Waals surface area contributed by atoms with Crippen molar-refractivity contribution in [2.24, 2.45) is 5.92 Å². The van der Waals surface area contributed by atoms with Crippen LogP contribution in [0.3, 0.4) is 0 Å². The van der Waals surface area contributed by atoms with Gasteiger partial charge in [-0.25, -0.2) is 4.79 Å². The van der Waals surface area contributed by atoms with Crippen LogP contribution in [0.5, 0.6) is 5.75 Å². The summed E-state index contributed by atoms with van der Waals surface area (Å²) in [6.45, 7) is 5.38. The quantitative estimate of drug-likeness (QED) is 0.244. The molecule has 1 aliphatic carbocycles. The van der Waals surface area contributed by atoms with Gasteiger partial charge in [-0.3, -0.25) is 9.59 Å². The highest BCUT2D eigenvalue weighted by molar-refractivity contribution is 5.96. The zero-order valence-electron chi connectivity index (χ0n) is 25.6. The summed E-state index contributed by atoms with van der Waals surface area (Å²) in [5, 5.41) is 12.3. The average molecular weight is 599 g/mol. The van der Waals surface area contributed by atoms with Crippen LogP contribution in [0.4, 0.5) is 10.5 Å². The molecule has 8 heteroatoms. The van der Waals surface area contributed by atoms with Gasteiger partial charge in [0.25, 0.3) is 0 Å². The molecule has 232 valence electrons. The summed E-state index contributed by atoms with van der Waals surface area (Å²) in [6, 6.07) is 19.6. The van der Waals surface area contributed by atoms with E-state index in [1.54, 1.807) is 0 Å². The Kier molecular flexibility index (Phi) is 10.2. The number of nitrogens with one attached hydrogen (secondary N) is 1. The first kappa shape index (κ1) is 31.1. The third kappa shape index (κ3) is 7.41. The molecular weight excluding hydrogens is 556 g/mol. The summed E-state index contributed by atoms with van der Waals surface area (Å²) < 4.78 is 11.5. The Hall–Kier alpha value is -4.33. The van der Waals surface area contributed by atoms with Gasteiger partial charge in [-0.1, -0.05) is 55.3 Å². The normalized spacial score (nSPS) is 17.8. The summed E-state index contributed by atoms with van der Waals surface area (Å²) >= 11 is 0. The molecule has 0 spiro atoms. The van der Waals surface area contributed by atoms with Crippen LogP contribution >= 0.6 is 0 Å². The van der Waals surface area contributed by atoms with Gasteiger partial charge < -0.3 is 24.8 Å². The molecule has 1 aliphatic heterocycles. The van der Waals surface area contributed by atoms with Gasteiger partial charge in [0.1, 0.15) is 12.4 Å². The van der Waals surface area contributed by atoms with E-state index < -0.39 is 24.0 Å². The number of hydrogen-bond donors (Lipinski definition) is 2. The van der Waals surface area contributed by atoms with E-state index >= 15 is 0 Å². The standard InChI is InChI=1S/C36H42N2O6/c1-24-10-5-18-33(25(24)2)43-21-9-19-34(39)38-20-8-15-29-28(14-7-17-32(29)38)27-12-6-11-26(22-27)23-44-36(42)37-31-16-4-3-13-30(31)35(40)41/h5-7,10-12,14,17-18,22,30-31H,3-4,8-9,13,15-16,19-21,23H2,1-2H3,(H,37,42)(H,40,41)/t30-,31+/m1/s1. The molecule has 3 aromatic carbocycles. The number of anilines is 1. The summed E-state index contributed by atoms with van der Waals surface area (Å²) in [5.74, 6) is -0.485. The molecule has 0 unspecified atom stereocenters. The molecule has 1 saturated carbocycles. The van der Waals surface area contributed by atoms with Gasteiger partial charge in [-0.15, -0.1) is 0 Å². The minimum absolute atomic E-state index is 0.0773. The number of carboxylic acid groups (broad SMARTS) is 1. The second-order valence-electron chi connectivity index (χ2n) is 11.9. The third-order valence-corrected chi connectivity index (χ3v) is 8.89. The molecule has 2 atom stereocenters. The highest BCUT2D eigenvalue weighted by Gasteiger charge is 2.32. The van der Waals surface area contributed by atoms with E-state index in [9.17, 15) is 19.5 Å². The van der Waals surface area contributed by atoms with Crippen molar-refractivity contribution in [1.82, 2.24) is 5.32 Å². The first-order valence-corrected chi connectivity index (χ1v) is 15.7. The molecule has 0 bridgehead atoms. The fourth-order valence-corrected chi connectivity index (χ4v) is 6.34. The van der Waals surface area contributed by atoms with Gasteiger partial charge >= 0.3 is 12.1 Å². The number of carbonyl (C=O) groups is 3. The number of amides is 2. The van der Waals surface area contributed by atoms with E-state index in [1.807, 2.05) is 60.4 Å². The number of nitrogens with zero attached hydrogens (tertiary/aromatic N) is 1. The monoisotopic (exact) mass is 598 g/mol. The Morgan fingerprint density at radius 2 is 1.77 bits per heavy atom. The van der Waals surface area contributed by atoms with E-state index in [-0.39, 0.29) is 12.5 Å². The number of aliphatic carboxylic acids is 1. The number of carbonyl (C=O) groups excluding carboxylic acids is 2. The number of fused-ring (bicyclic) bond motifs is 1. The Labute approximate surface area is 259 Å². The lowest BCUT2D eigenvalue weighted by Crippen LogP contribution is -2.45. The Balaban J connectivity index is 1.20. The molecule has 0 aromatic heterocycles. The highest BCUT2D eigenvalue weighted by atomic mass is 16.5. The van der Waals surface area contributed by atoms with Crippen LogP contribution in [-0.2, 0) is 27.4 Å². The van der Waals surface area contributed by atoms with Gasteiger partial charge in [-0.2, -0.15) is 0 Å². The highest BCUT2D eigenvalue weighted by Crippen LogP contribution is 2.36. The first-order chi connectivity index (χ1) is 21.3. The van der Waals surface area contributed by atoms with Crippen molar-refractivity contribution in [2.75, 3.05) is 18.1 Å². The number of carboxylic acids is 1. The van der Waals surface area contributed by atoms with Gasteiger partial charge in [0.15, 0.2) is 0 Å². The summed E-state index contributed by atoms with van der Waals surface area (Å²) in [6.07, 6.45) is 5.17. The van der Waals surface area contributed by atoms with Gasteiger partial charge in [-0.05, 0) is 97.5 Å². The smallest absolute Gasteiger partial charge is 0.407 e. The molecule has 2 amide bonds. The second kappa shape index (κ2) is 14.4. The van der Waals surface area contributed by atoms with Gasteiger partial charge in [0.05, 0.1) is 12.5 Å². The van der Waals surface area contributed by atoms with Gasteiger partial charge in [0.2, 0.25) is 5.91 Å². The number of hydrogen-bond acceptors (Lipinski definition) is 5. The predicted octanol–water partition coefficient (Wildman–Crippen LogP) is 6.98. The summed E-state index contributed by atoms with van der Waals surface area (Å²) in [4.78, 5) is 39.3. The molecule has 1 heterocycles. The van der Waals surface area contributed by atoms with Crippen LogP contribution in [-0.4, -0.2) is 42.3 Å². The zero-order chi connectivity index (χ0) is 31.1. The summed E-state index contributed by atoms with van der Waals surface area (Å²) in [5.41, 5.74) is 7.31. The van der Waals surface area contributed by atoms with Crippen LogP contribution in [0.2, 0.25) is 0 Å². The molecule has 0 radical (unpaired) electrons. The number of ether oxygens (including phenoxy) is 2. The maximum Gasteiger partial charge on any atom is 0.407 e. The van der Waals surface area contributed by atoms with Crippen LogP contribution in [0.1, 0.15) is 67.2 Å². The van der Waals surface area contributed by atoms with E-state index in [0.717, 1.165) is 64.9 Å². The molecular formula is C36H42N2O6. The van der Waals surface area contributed by atoms with E-state index in [0.29, 0.717) is 38.8 Å². The Bertz CT molecular complexity index is 1500. The SMILES string of the molecule is Cc1cccc(OCCCC(=O)N2CCCc3c(-c4cccc(COC(=O)N[C@H]5CCCC[C@H]5C(=O)O)c4)cccc32)c1C. The van der Waals surface area contributed by atoms with Crippen molar-refractivity contribution in [3.8, 4) is 16.9 Å². The molecule has 2 N–H and O–H groups in total. The number of alkyl carbamates (subject to hydrolysis) is 1. The third-order valence-electron chi connectivity index (χ3n) is 8.89. The minimum Gasteiger partial charge on any atom is -0.493 e. The van der Waals surface area contributed by atoms with Crippen molar-refractivity contribution < 1.29 is 29.0 Å². The lowest BCUT2D eigenvalue weighted by Gasteiger charge is -2.31. The van der Waals surface area contributed by atoms with Crippen molar-refractivity contribution >= 4 is 23.7 Å². The zero-order valence-corrected chi connectivity index (χ0v) is 25.6. The number of aryl methyl sites for hydroxylation is 1. The molecule has 0 saturated heterocycles. The van der Waals surface area contributed by atoms with E-state index in [2.05, 4.69) is 24.4 Å². The van der Waals surface area contributed by atoms with Gasteiger partial charge in [0, 0.05) is 24.7 Å². The topological polar surface area (TPSA) is 105 Å². The second-order valence-corrected chi connectivity index (χ2v) is 11.9. The molecule has 44 heavy (non-hydrogen) atoms. The fraction of sp³-hybridized carbons (Fsp3) is 0.417. The van der Waals surface area contributed by atoms with Crippen LogP contribution < -0.4 is 15.0 Å². The van der Waals surface area contributed by atoms with E-state index in [1.165, 1.54) is 5.56 Å². The Morgan fingerprint density at radius 1 is 0.977 bits per heavy atom. The lowest BCUT2D eigenvalue weighted by atomic mass is 9.85. The number of rotatable bonds is 10. The fourth-order valence-electron chi connectivity index (χ4n) is 6.34. The maximum atomic E-state index is 13.3. The van der Waals surface area contributed by atoms with Crippen LogP contribution in [0.15, 0.2) is 60.7 Å². The minimum atomic E-state index is -0.878. The largest absolute Gasteiger partial charge is 0.493 e. The first-order valence-electron chi connectivity index (χ1n) is 15.7. The molecule has 2 aliphatic rings. The molecule has 5 rings (SSSR count). The predicted molar refractivity (Wildman–Crippen MR) is 170 cm³/mol. The average Bonchev–Trinajstić information content (AvgIpc) is 3.03. The van der Waals surface area contributed by atoms with Crippen molar-refractivity contribution in [3.05, 3.63) is 82.9 Å².